The number of rotatable bonds is 0. The fourth-order valence-electron chi connectivity index (χ4n) is 0.393. The molecule has 1 N–H and O–H groups in total. The lowest BCUT2D eigenvalue weighted by atomic mass is 10.5. The second kappa shape index (κ2) is 2.03. The molecule has 8 heavy (non-hydrogen) atoms. The molecular formula is C4H4NOS2. The van der Waals surface area contributed by atoms with Crippen LogP contribution in [0.25, 0.3) is 0 Å². The van der Waals surface area contributed by atoms with E-state index in [2.05, 4.69) is 24.5 Å². The molecule has 2 nitrogen and oxygen atoms in total. The third-order valence-electron chi connectivity index (χ3n) is 0.767. The van der Waals surface area contributed by atoms with Gasteiger partial charge >= 0.3 is 0 Å². The van der Waals surface area contributed by atoms with E-state index >= 15 is 0 Å². The van der Waals surface area contributed by atoms with Crippen LogP contribution in [-0.4, -0.2) is 15.5 Å². The first-order valence-corrected chi connectivity index (χ1v) is 3.33. The van der Waals surface area contributed by atoms with Crippen LogP contribution in [-0.2, 0) is 4.79 Å². The Bertz CT molecular complexity index is 145. The lowest BCUT2D eigenvalue weighted by Crippen LogP contribution is -2.22. The van der Waals surface area contributed by atoms with Crippen molar-refractivity contribution in [2.75, 3.05) is 0 Å². The molecule has 1 aliphatic rings. The van der Waals surface area contributed by atoms with Gasteiger partial charge in [0.25, 0.3) is 0 Å². The zero-order valence-corrected chi connectivity index (χ0v) is 5.64. The van der Waals surface area contributed by atoms with Crippen molar-refractivity contribution in [3.63, 3.8) is 0 Å². The van der Waals surface area contributed by atoms with Crippen LogP contribution in [0.15, 0.2) is 0 Å². The maximum absolute atomic E-state index is 10.5. The Morgan fingerprint density at radius 3 is 2.62 bits per heavy atom. The van der Waals surface area contributed by atoms with Gasteiger partial charge < -0.3 is 5.32 Å². The van der Waals surface area contributed by atoms with E-state index in [9.17, 15) is 4.79 Å². The van der Waals surface area contributed by atoms with Crippen molar-refractivity contribution in [3.05, 3.63) is 6.92 Å². The highest BCUT2D eigenvalue weighted by atomic mass is 32.2. The van der Waals surface area contributed by atoms with Crippen molar-refractivity contribution < 1.29 is 4.79 Å². The van der Waals surface area contributed by atoms with Crippen LogP contribution in [0.2, 0.25) is 0 Å². The third-order valence-corrected chi connectivity index (χ3v) is 1.97. The number of carbonyl (C=O) groups excluding carboxylic acids is 1. The van der Waals surface area contributed by atoms with E-state index < -0.39 is 0 Å². The van der Waals surface area contributed by atoms with E-state index in [0.717, 1.165) is 0 Å². The largest absolute Gasteiger partial charge is 0.311 e. The van der Waals surface area contributed by atoms with Crippen molar-refractivity contribution in [3.8, 4) is 0 Å². The minimum absolute atomic E-state index is 0.0833. The van der Waals surface area contributed by atoms with E-state index in [1.807, 2.05) is 0 Å². The van der Waals surface area contributed by atoms with Crippen molar-refractivity contribution in [2.45, 2.75) is 5.25 Å². The second-order valence-electron chi connectivity index (χ2n) is 1.38. The Morgan fingerprint density at radius 1 is 1.88 bits per heavy atom. The van der Waals surface area contributed by atoms with Crippen LogP contribution in [0.5, 0.6) is 0 Å². The van der Waals surface area contributed by atoms with Crippen molar-refractivity contribution in [1.82, 2.24) is 5.32 Å². The van der Waals surface area contributed by atoms with Crippen LogP contribution < -0.4 is 5.32 Å². The van der Waals surface area contributed by atoms with E-state index in [4.69, 9.17) is 0 Å². The minimum atomic E-state index is -0.234. The second-order valence-corrected chi connectivity index (χ2v) is 3.26. The van der Waals surface area contributed by atoms with Gasteiger partial charge in [0.05, 0.1) is 5.25 Å². The first-order chi connectivity index (χ1) is 3.70. The number of nitrogens with one attached hydrogen (secondary N) is 1. The van der Waals surface area contributed by atoms with E-state index in [-0.39, 0.29) is 11.2 Å². The molecule has 0 bridgehead atoms. The van der Waals surface area contributed by atoms with Gasteiger partial charge in [0, 0.05) is 0 Å². The van der Waals surface area contributed by atoms with Crippen LogP contribution >= 0.6 is 24.0 Å². The Morgan fingerprint density at radius 2 is 2.50 bits per heavy atom. The highest BCUT2D eigenvalue weighted by Crippen LogP contribution is 2.16. The van der Waals surface area contributed by atoms with Gasteiger partial charge in [-0.2, -0.15) is 0 Å². The van der Waals surface area contributed by atoms with Gasteiger partial charge in [-0.1, -0.05) is 24.0 Å². The first-order valence-electron chi connectivity index (χ1n) is 2.04. The molecule has 43 valence electrons. The maximum atomic E-state index is 10.5. The quantitative estimate of drug-likeness (QED) is 0.500. The summed E-state index contributed by atoms with van der Waals surface area (Å²) < 4.78 is 0.537. The van der Waals surface area contributed by atoms with Gasteiger partial charge in [-0.15, -0.1) is 0 Å². The molecule has 1 rings (SSSR count). The normalized spacial score (nSPS) is 28.4. The molecule has 1 aliphatic heterocycles. The number of thiocarbonyl (C=S) groups is 1. The first kappa shape index (κ1) is 6.04. The Hall–Kier alpha value is -0.0900. The smallest absolute Gasteiger partial charge is 0.238 e. The van der Waals surface area contributed by atoms with Gasteiger partial charge in [0.15, 0.2) is 0 Å². The van der Waals surface area contributed by atoms with Crippen LogP contribution in [0.1, 0.15) is 0 Å². The number of thioether (sulfide) groups is 1. The van der Waals surface area contributed by atoms with E-state index in [1.165, 1.54) is 11.8 Å². The molecule has 0 aromatic carbocycles. The SMILES string of the molecule is [CH2]C1SC(=S)NC1=O. The van der Waals surface area contributed by atoms with E-state index in [0.29, 0.717) is 4.32 Å². The summed E-state index contributed by atoms with van der Waals surface area (Å²) in [4.78, 5) is 10.5. The summed E-state index contributed by atoms with van der Waals surface area (Å²) >= 11 is 5.95. The summed E-state index contributed by atoms with van der Waals surface area (Å²) in [5.41, 5.74) is 0. The van der Waals surface area contributed by atoms with Gasteiger partial charge in [-0.25, -0.2) is 0 Å². The predicted molar refractivity (Wildman–Crippen MR) is 37.5 cm³/mol. The average Bonchev–Trinajstić information content (AvgIpc) is 1.85. The predicted octanol–water partition coefficient (Wildman–Crippen LogP) is 0.337. The number of hydrogen-bond donors (Lipinski definition) is 1. The number of amides is 1. The molecule has 0 spiro atoms. The molecular weight excluding hydrogens is 142 g/mol. The fraction of sp³-hybridized carbons (Fsp3) is 0.250. The third kappa shape index (κ3) is 1.00. The fourth-order valence-corrected chi connectivity index (χ4v) is 1.43. The van der Waals surface area contributed by atoms with E-state index in [1.54, 1.807) is 0 Å². The lowest BCUT2D eigenvalue weighted by molar-refractivity contribution is -0.118. The van der Waals surface area contributed by atoms with Gasteiger partial charge in [0.2, 0.25) is 5.91 Å². The van der Waals surface area contributed by atoms with Gasteiger partial charge in [-0.05, 0) is 6.92 Å². The summed E-state index contributed by atoms with van der Waals surface area (Å²) in [6, 6.07) is 0. The summed E-state index contributed by atoms with van der Waals surface area (Å²) in [6.45, 7) is 3.53. The Balaban J connectivity index is 2.64. The molecule has 1 amide bonds. The zero-order chi connectivity index (χ0) is 6.15. The molecule has 0 aromatic heterocycles. The monoisotopic (exact) mass is 146 g/mol. The van der Waals surface area contributed by atoms with Crippen LogP contribution in [0.4, 0.5) is 0 Å². The van der Waals surface area contributed by atoms with Crippen LogP contribution in [0, 0.1) is 6.92 Å². The van der Waals surface area contributed by atoms with Gasteiger partial charge in [-0.3, -0.25) is 4.79 Å². The molecule has 4 heteroatoms. The summed E-state index contributed by atoms with van der Waals surface area (Å²) in [5.74, 6) is -0.0833. The summed E-state index contributed by atoms with van der Waals surface area (Å²) in [6.07, 6.45) is 0. The topological polar surface area (TPSA) is 29.1 Å². The number of carbonyl (C=O) groups is 1. The molecule has 1 atom stereocenters. The highest BCUT2D eigenvalue weighted by Gasteiger charge is 2.23. The molecule has 1 heterocycles. The van der Waals surface area contributed by atoms with Gasteiger partial charge in [0.1, 0.15) is 4.32 Å². The maximum Gasteiger partial charge on any atom is 0.238 e. The Labute approximate surface area is 57.0 Å². The minimum Gasteiger partial charge on any atom is -0.311 e. The molecule has 0 aliphatic carbocycles. The molecule has 0 saturated carbocycles. The Kier molecular flexibility index (Phi) is 1.53. The average molecular weight is 146 g/mol. The molecule has 1 unspecified atom stereocenters. The van der Waals surface area contributed by atoms with Crippen LogP contribution in [0.3, 0.4) is 0 Å². The van der Waals surface area contributed by atoms with Crippen molar-refractivity contribution >= 4 is 34.2 Å². The lowest BCUT2D eigenvalue weighted by Gasteiger charge is -1.87. The highest BCUT2D eigenvalue weighted by molar-refractivity contribution is 8.24. The molecule has 1 radical (unpaired) electrons. The molecule has 0 aromatic rings. The number of hydrogen-bond acceptors (Lipinski definition) is 3. The standard InChI is InChI=1S/C4H4NOS2/c1-2-3(6)5-4(7)8-2/h2H,1H2,(H,5,6,7). The van der Waals surface area contributed by atoms with Crippen molar-refractivity contribution in [1.29, 1.82) is 0 Å². The summed E-state index contributed by atoms with van der Waals surface area (Å²) in [7, 11) is 0. The van der Waals surface area contributed by atoms with Crippen molar-refractivity contribution in [2.24, 2.45) is 0 Å². The molecule has 1 fully saturated rings. The molecule has 1 saturated heterocycles. The zero-order valence-electron chi connectivity index (χ0n) is 4.01. The summed E-state index contributed by atoms with van der Waals surface area (Å²) in [5, 5.41) is 2.23.